The second kappa shape index (κ2) is 5.65. The summed E-state index contributed by atoms with van der Waals surface area (Å²) in [5.74, 6) is -1.19. The number of unbranched alkanes of at least 4 members (excludes halogenated alkanes) is 1. The predicted octanol–water partition coefficient (Wildman–Crippen LogP) is 1.39. The van der Waals surface area contributed by atoms with Crippen LogP contribution in [0.25, 0.3) is 0 Å². The monoisotopic (exact) mass is 156 g/mol. The van der Waals surface area contributed by atoms with Crippen LogP contribution in [-0.4, -0.2) is 16.9 Å². The number of carbonyl (C=O) groups is 2. The molecule has 0 aliphatic rings. The molecule has 0 amide bonds. The minimum Gasteiger partial charge on any atom is -0.478 e. The highest BCUT2D eigenvalue weighted by atomic mass is 16.4. The van der Waals surface area contributed by atoms with E-state index in [1.54, 1.807) is 0 Å². The number of aliphatic carboxylic acids is 1. The molecule has 0 unspecified atom stereocenters. The summed E-state index contributed by atoms with van der Waals surface area (Å²) in [6.45, 7) is 1.98. The van der Waals surface area contributed by atoms with Gasteiger partial charge in [-0.25, -0.2) is 4.79 Å². The van der Waals surface area contributed by atoms with Crippen LogP contribution in [0.4, 0.5) is 0 Å². The van der Waals surface area contributed by atoms with Crippen LogP contribution in [-0.2, 0) is 9.59 Å². The Morgan fingerprint density at radius 1 is 1.36 bits per heavy atom. The van der Waals surface area contributed by atoms with Crippen molar-refractivity contribution in [1.82, 2.24) is 0 Å². The molecule has 0 saturated heterocycles. The number of rotatable bonds is 5. The van der Waals surface area contributed by atoms with Crippen LogP contribution in [0.5, 0.6) is 0 Å². The van der Waals surface area contributed by atoms with Gasteiger partial charge in [-0.2, -0.15) is 0 Å². The van der Waals surface area contributed by atoms with Gasteiger partial charge in [-0.1, -0.05) is 13.3 Å². The van der Waals surface area contributed by atoms with Crippen LogP contribution in [0, 0.1) is 0 Å². The zero-order valence-corrected chi connectivity index (χ0v) is 6.54. The normalized spacial score (nSPS) is 10.3. The van der Waals surface area contributed by atoms with Gasteiger partial charge in [-0.3, -0.25) is 4.79 Å². The van der Waals surface area contributed by atoms with Gasteiger partial charge in [0.25, 0.3) is 0 Å². The Balaban J connectivity index is 3.60. The van der Waals surface area contributed by atoms with Crippen LogP contribution < -0.4 is 0 Å². The topological polar surface area (TPSA) is 54.4 Å². The zero-order valence-electron chi connectivity index (χ0n) is 6.54. The van der Waals surface area contributed by atoms with E-state index in [1.165, 1.54) is 0 Å². The van der Waals surface area contributed by atoms with Crippen LogP contribution in [0.3, 0.4) is 0 Å². The van der Waals surface area contributed by atoms with Gasteiger partial charge in [0, 0.05) is 12.5 Å². The summed E-state index contributed by atoms with van der Waals surface area (Å²) >= 11 is 0. The number of carbonyl (C=O) groups excluding carboxylic acids is 1. The number of allylic oxidation sites excluding steroid dienone is 1. The van der Waals surface area contributed by atoms with E-state index in [0.29, 0.717) is 6.42 Å². The first-order valence-corrected chi connectivity index (χ1v) is 3.60. The van der Waals surface area contributed by atoms with Gasteiger partial charge >= 0.3 is 5.97 Å². The maximum atomic E-state index is 10.8. The fourth-order valence-electron chi connectivity index (χ4n) is 0.599. The lowest BCUT2D eigenvalue weighted by Gasteiger charge is -1.89. The van der Waals surface area contributed by atoms with Crippen molar-refractivity contribution in [2.45, 2.75) is 26.2 Å². The second-order valence-corrected chi connectivity index (χ2v) is 2.24. The summed E-state index contributed by atoms with van der Waals surface area (Å²) < 4.78 is 0. The molecular weight excluding hydrogens is 144 g/mol. The first-order chi connectivity index (χ1) is 5.16. The molecule has 3 heteroatoms. The molecule has 0 aromatic rings. The van der Waals surface area contributed by atoms with Crippen molar-refractivity contribution in [1.29, 1.82) is 0 Å². The van der Waals surface area contributed by atoms with E-state index in [4.69, 9.17) is 5.11 Å². The number of carboxylic acids is 1. The first kappa shape index (κ1) is 9.88. The molecule has 0 fully saturated rings. The quantitative estimate of drug-likeness (QED) is 0.612. The van der Waals surface area contributed by atoms with Crippen molar-refractivity contribution in [2.75, 3.05) is 0 Å². The van der Waals surface area contributed by atoms with Gasteiger partial charge in [0.15, 0.2) is 5.78 Å². The van der Waals surface area contributed by atoms with E-state index in [0.717, 1.165) is 25.0 Å². The molecule has 0 radical (unpaired) electrons. The fraction of sp³-hybridized carbons (Fsp3) is 0.500. The highest BCUT2D eigenvalue weighted by molar-refractivity contribution is 5.95. The molecule has 0 aliphatic carbocycles. The number of hydrogen-bond acceptors (Lipinski definition) is 2. The minimum atomic E-state index is -1.07. The summed E-state index contributed by atoms with van der Waals surface area (Å²) in [5, 5.41) is 8.15. The van der Waals surface area contributed by atoms with Crippen LogP contribution in [0.15, 0.2) is 12.2 Å². The summed E-state index contributed by atoms with van der Waals surface area (Å²) in [6, 6.07) is 0. The van der Waals surface area contributed by atoms with Gasteiger partial charge < -0.3 is 5.11 Å². The molecule has 0 saturated carbocycles. The summed E-state index contributed by atoms with van der Waals surface area (Å²) in [5.41, 5.74) is 0. The predicted molar refractivity (Wildman–Crippen MR) is 41.3 cm³/mol. The number of ketones is 1. The SMILES string of the molecule is CCCCC(=O)/C=C\C(=O)O. The third-order valence-electron chi connectivity index (χ3n) is 1.19. The van der Waals surface area contributed by atoms with Gasteiger partial charge in [-0.15, -0.1) is 0 Å². The molecule has 3 nitrogen and oxygen atoms in total. The molecule has 1 N–H and O–H groups in total. The van der Waals surface area contributed by atoms with Crippen molar-refractivity contribution in [3.8, 4) is 0 Å². The van der Waals surface area contributed by atoms with E-state index < -0.39 is 5.97 Å². The van der Waals surface area contributed by atoms with Crippen LogP contribution in [0.1, 0.15) is 26.2 Å². The van der Waals surface area contributed by atoms with E-state index in [-0.39, 0.29) is 5.78 Å². The molecule has 0 rings (SSSR count). The third-order valence-corrected chi connectivity index (χ3v) is 1.19. The molecule has 62 valence electrons. The van der Waals surface area contributed by atoms with Crippen molar-refractivity contribution in [3.05, 3.63) is 12.2 Å². The fourth-order valence-corrected chi connectivity index (χ4v) is 0.599. The molecule has 0 heterocycles. The molecule has 0 aliphatic heterocycles. The van der Waals surface area contributed by atoms with E-state index in [1.807, 2.05) is 6.92 Å². The van der Waals surface area contributed by atoms with Crippen molar-refractivity contribution in [2.24, 2.45) is 0 Å². The number of carboxylic acid groups (broad SMARTS) is 1. The maximum absolute atomic E-state index is 10.8. The summed E-state index contributed by atoms with van der Waals surface area (Å²) in [6.07, 6.45) is 4.20. The average molecular weight is 156 g/mol. The number of hydrogen-bond donors (Lipinski definition) is 1. The molecule has 0 aromatic carbocycles. The smallest absolute Gasteiger partial charge is 0.328 e. The average Bonchev–Trinajstić information content (AvgIpc) is 1.97. The van der Waals surface area contributed by atoms with E-state index in [2.05, 4.69) is 0 Å². The molecular formula is C8H12O3. The Morgan fingerprint density at radius 2 is 2.00 bits per heavy atom. The van der Waals surface area contributed by atoms with Gasteiger partial charge in [0.1, 0.15) is 0 Å². The first-order valence-electron chi connectivity index (χ1n) is 3.60. The minimum absolute atomic E-state index is 0.116. The Hall–Kier alpha value is -1.12. The Labute approximate surface area is 65.7 Å². The van der Waals surface area contributed by atoms with Crippen molar-refractivity contribution >= 4 is 11.8 Å². The molecule has 0 atom stereocenters. The van der Waals surface area contributed by atoms with Crippen molar-refractivity contribution < 1.29 is 14.7 Å². The van der Waals surface area contributed by atoms with Gasteiger partial charge in [0.2, 0.25) is 0 Å². The third kappa shape index (κ3) is 6.77. The van der Waals surface area contributed by atoms with E-state index >= 15 is 0 Å². The molecule has 0 bridgehead atoms. The lowest BCUT2D eigenvalue weighted by molar-refractivity contribution is -0.131. The van der Waals surface area contributed by atoms with Crippen LogP contribution >= 0.6 is 0 Å². The maximum Gasteiger partial charge on any atom is 0.328 e. The lowest BCUT2D eigenvalue weighted by Crippen LogP contribution is -1.94. The van der Waals surface area contributed by atoms with Crippen molar-refractivity contribution in [3.63, 3.8) is 0 Å². The van der Waals surface area contributed by atoms with Crippen LogP contribution in [0.2, 0.25) is 0 Å². The second-order valence-electron chi connectivity index (χ2n) is 2.24. The molecule has 0 aromatic heterocycles. The highest BCUT2D eigenvalue weighted by Gasteiger charge is 1.95. The Kier molecular flexibility index (Phi) is 5.07. The van der Waals surface area contributed by atoms with Gasteiger partial charge in [-0.05, 0) is 12.5 Å². The standard InChI is InChI=1S/C8H12O3/c1-2-3-4-7(9)5-6-8(10)11/h5-6H,2-4H2,1H3,(H,10,11)/b6-5-. The highest BCUT2D eigenvalue weighted by Crippen LogP contribution is 1.95. The zero-order chi connectivity index (χ0) is 8.69. The molecule has 11 heavy (non-hydrogen) atoms. The summed E-state index contributed by atoms with van der Waals surface area (Å²) in [7, 11) is 0. The van der Waals surface area contributed by atoms with Gasteiger partial charge in [0.05, 0.1) is 0 Å². The molecule has 0 spiro atoms. The Bertz CT molecular complexity index is 170. The Morgan fingerprint density at radius 3 is 2.45 bits per heavy atom. The lowest BCUT2D eigenvalue weighted by atomic mass is 10.2. The summed E-state index contributed by atoms with van der Waals surface area (Å²) in [4.78, 5) is 20.7. The largest absolute Gasteiger partial charge is 0.478 e. The van der Waals surface area contributed by atoms with E-state index in [9.17, 15) is 9.59 Å².